The summed E-state index contributed by atoms with van der Waals surface area (Å²) in [5.41, 5.74) is 1.19. The molecule has 2 aliphatic rings. The van der Waals surface area contributed by atoms with Crippen LogP contribution in [0.3, 0.4) is 0 Å². The Kier molecular flexibility index (Phi) is 3.80. The van der Waals surface area contributed by atoms with Crippen LogP contribution in [0.15, 0.2) is 30.3 Å². The van der Waals surface area contributed by atoms with E-state index in [0.29, 0.717) is 19.2 Å². The highest BCUT2D eigenvalue weighted by atomic mass is 16.5. The van der Waals surface area contributed by atoms with Crippen LogP contribution < -0.4 is 5.32 Å². The Bertz CT molecular complexity index is 431. The standard InChI is InChI=1S/C15H20N2O2/c18-15(16-13-6-7-13)11-17-8-9-19-14(10-17)12-4-2-1-3-5-12/h1-5,13-14H,6-11H2,(H,16,18). The minimum Gasteiger partial charge on any atom is -0.371 e. The van der Waals surface area contributed by atoms with Crippen LogP contribution in [0.25, 0.3) is 0 Å². The molecule has 1 atom stereocenters. The third-order valence-electron chi connectivity index (χ3n) is 3.63. The number of carbonyl (C=O) groups is 1. The van der Waals surface area contributed by atoms with Crippen LogP contribution in [0.1, 0.15) is 24.5 Å². The topological polar surface area (TPSA) is 41.6 Å². The highest BCUT2D eigenvalue weighted by Gasteiger charge is 2.26. The van der Waals surface area contributed by atoms with Crippen molar-refractivity contribution < 1.29 is 9.53 Å². The number of amides is 1. The molecular weight excluding hydrogens is 240 g/mol. The van der Waals surface area contributed by atoms with Crippen molar-refractivity contribution in [3.05, 3.63) is 35.9 Å². The summed E-state index contributed by atoms with van der Waals surface area (Å²) in [4.78, 5) is 14.0. The Hall–Kier alpha value is -1.39. The minimum atomic E-state index is 0.0867. The van der Waals surface area contributed by atoms with Crippen molar-refractivity contribution in [2.45, 2.75) is 25.0 Å². The lowest BCUT2D eigenvalue weighted by atomic mass is 10.1. The highest BCUT2D eigenvalue weighted by molar-refractivity contribution is 5.78. The van der Waals surface area contributed by atoms with Gasteiger partial charge < -0.3 is 10.1 Å². The zero-order valence-electron chi connectivity index (χ0n) is 11.0. The maximum Gasteiger partial charge on any atom is 0.234 e. The number of benzene rings is 1. The molecule has 0 radical (unpaired) electrons. The number of morpholine rings is 1. The molecule has 19 heavy (non-hydrogen) atoms. The van der Waals surface area contributed by atoms with Gasteiger partial charge in [0.1, 0.15) is 0 Å². The molecule has 1 N–H and O–H groups in total. The first kappa shape index (κ1) is 12.6. The Labute approximate surface area is 113 Å². The summed E-state index contributed by atoms with van der Waals surface area (Å²) >= 11 is 0. The fourth-order valence-electron chi connectivity index (χ4n) is 2.42. The van der Waals surface area contributed by atoms with Crippen molar-refractivity contribution in [1.82, 2.24) is 10.2 Å². The van der Waals surface area contributed by atoms with E-state index >= 15 is 0 Å². The molecule has 1 amide bonds. The maximum absolute atomic E-state index is 11.8. The second kappa shape index (κ2) is 5.72. The first-order valence-electron chi connectivity index (χ1n) is 6.99. The summed E-state index contributed by atoms with van der Waals surface area (Å²) in [6.45, 7) is 2.81. The van der Waals surface area contributed by atoms with E-state index in [1.807, 2.05) is 18.2 Å². The van der Waals surface area contributed by atoms with Gasteiger partial charge in [-0.15, -0.1) is 0 Å². The molecule has 1 heterocycles. The molecule has 2 fully saturated rings. The van der Waals surface area contributed by atoms with E-state index in [0.717, 1.165) is 25.9 Å². The largest absolute Gasteiger partial charge is 0.371 e. The first-order valence-corrected chi connectivity index (χ1v) is 6.99. The molecule has 0 spiro atoms. The zero-order valence-corrected chi connectivity index (χ0v) is 11.0. The van der Waals surface area contributed by atoms with E-state index < -0.39 is 0 Å². The van der Waals surface area contributed by atoms with Crippen LogP contribution in [0.5, 0.6) is 0 Å². The lowest BCUT2D eigenvalue weighted by molar-refractivity contribution is -0.124. The Morgan fingerprint density at radius 2 is 2.11 bits per heavy atom. The van der Waals surface area contributed by atoms with Gasteiger partial charge in [-0.25, -0.2) is 0 Å². The number of carbonyl (C=O) groups excluding carboxylic acids is 1. The smallest absolute Gasteiger partial charge is 0.234 e. The third kappa shape index (κ3) is 3.55. The molecule has 3 rings (SSSR count). The summed E-state index contributed by atoms with van der Waals surface area (Å²) in [6, 6.07) is 10.7. The van der Waals surface area contributed by atoms with Gasteiger partial charge in [0, 0.05) is 19.1 Å². The zero-order chi connectivity index (χ0) is 13.1. The van der Waals surface area contributed by atoms with E-state index in [9.17, 15) is 4.79 Å². The molecule has 1 aliphatic heterocycles. The summed E-state index contributed by atoms with van der Waals surface area (Å²) in [7, 11) is 0. The highest BCUT2D eigenvalue weighted by Crippen LogP contribution is 2.22. The molecule has 4 nitrogen and oxygen atoms in total. The van der Waals surface area contributed by atoms with E-state index in [-0.39, 0.29) is 12.0 Å². The monoisotopic (exact) mass is 260 g/mol. The van der Waals surface area contributed by atoms with Gasteiger partial charge in [-0.2, -0.15) is 0 Å². The minimum absolute atomic E-state index is 0.0867. The molecule has 0 aromatic heterocycles. The molecule has 1 aromatic rings. The second-order valence-corrected chi connectivity index (χ2v) is 5.35. The van der Waals surface area contributed by atoms with Crippen LogP contribution >= 0.6 is 0 Å². The molecule has 102 valence electrons. The van der Waals surface area contributed by atoms with Crippen molar-refractivity contribution in [3.63, 3.8) is 0 Å². The fourth-order valence-corrected chi connectivity index (χ4v) is 2.42. The molecule has 1 saturated heterocycles. The van der Waals surface area contributed by atoms with E-state index in [1.165, 1.54) is 5.56 Å². The van der Waals surface area contributed by atoms with Gasteiger partial charge in [0.2, 0.25) is 5.91 Å². The van der Waals surface area contributed by atoms with E-state index in [4.69, 9.17) is 4.74 Å². The summed E-state index contributed by atoms with van der Waals surface area (Å²) in [5.74, 6) is 0.149. The third-order valence-corrected chi connectivity index (χ3v) is 3.63. The first-order chi connectivity index (χ1) is 9.31. The lowest BCUT2D eigenvalue weighted by Crippen LogP contribution is -2.44. The van der Waals surface area contributed by atoms with Crippen LogP contribution in [0.2, 0.25) is 0 Å². The van der Waals surface area contributed by atoms with Gasteiger partial charge in [-0.1, -0.05) is 30.3 Å². The van der Waals surface area contributed by atoms with Crippen molar-refractivity contribution in [2.75, 3.05) is 26.2 Å². The van der Waals surface area contributed by atoms with Crippen molar-refractivity contribution in [3.8, 4) is 0 Å². The van der Waals surface area contributed by atoms with Gasteiger partial charge in [-0.3, -0.25) is 9.69 Å². The fraction of sp³-hybridized carbons (Fsp3) is 0.533. The predicted octanol–water partition coefficient (Wildman–Crippen LogP) is 1.34. The van der Waals surface area contributed by atoms with Crippen molar-refractivity contribution in [1.29, 1.82) is 0 Å². The Morgan fingerprint density at radius 3 is 2.84 bits per heavy atom. The van der Waals surface area contributed by atoms with Gasteiger partial charge in [0.15, 0.2) is 0 Å². The average Bonchev–Trinajstić information content (AvgIpc) is 3.24. The summed E-state index contributed by atoms with van der Waals surface area (Å²) in [5, 5.41) is 3.03. The van der Waals surface area contributed by atoms with Gasteiger partial charge in [0.05, 0.1) is 19.3 Å². The molecule has 1 saturated carbocycles. The van der Waals surface area contributed by atoms with Crippen molar-refractivity contribution in [2.24, 2.45) is 0 Å². The van der Waals surface area contributed by atoms with Crippen LogP contribution in [0, 0.1) is 0 Å². The summed E-state index contributed by atoms with van der Waals surface area (Å²) < 4.78 is 5.80. The molecule has 0 bridgehead atoms. The SMILES string of the molecule is O=C(CN1CCOC(c2ccccc2)C1)NC1CC1. The normalized spacial score (nSPS) is 24.1. The van der Waals surface area contributed by atoms with Gasteiger partial charge in [-0.05, 0) is 18.4 Å². The quantitative estimate of drug-likeness (QED) is 0.888. The van der Waals surface area contributed by atoms with Gasteiger partial charge >= 0.3 is 0 Å². The number of rotatable bonds is 4. The predicted molar refractivity (Wildman–Crippen MR) is 72.7 cm³/mol. The molecular formula is C15H20N2O2. The Morgan fingerprint density at radius 1 is 1.32 bits per heavy atom. The Balaban J connectivity index is 1.54. The number of hydrogen-bond donors (Lipinski definition) is 1. The summed E-state index contributed by atoms with van der Waals surface area (Å²) in [6.07, 6.45) is 2.37. The molecule has 4 heteroatoms. The average molecular weight is 260 g/mol. The second-order valence-electron chi connectivity index (χ2n) is 5.35. The van der Waals surface area contributed by atoms with Crippen LogP contribution in [0.4, 0.5) is 0 Å². The van der Waals surface area contributed by atoms with Crippen molar-refractivity contribution >= 4 is 5.91 Å². The van der Waals surface area contributed by atoms with Gasteiger partial charge in [0.25, 0.3) is 0 Å². The molecule has 1 aliphatic carbocycles. The number of nitrogens with one attached hydrogen (secondary N) is 1. The van der Waals surface area contributed by atoms with Crippen LogP contribution in [-0.2, 0) is 9.53 Å². The number of ether oxygens (including phenoxy) is 1. The maximum atomic E-state index is 11.8. The lowest BCUT2D eigenvalue weighted by Gasteiger charge is -2.32. The molecule has 1 unspecified atom stereocenters. The molecule has 1 aromatic carbocycles. The number of hydrogen-bond acceptors (Lipinski definition) is 3. The van der Waals surface area contributed by atoms with Crippen LogP contribution in [-0.4, -0.2) is 43.1 Å². The van der Waals surface area contributed by atoms with E-state index in [2.05, 4.69) is 22.3 Å². The number of nitrogens with zero attached hydrogens (tertiary/aromatic N) is 1. The van der Waals surface area contributed by atoms with E-state index in [1.54, 1.807) is 0 Å².